The van der Waals surface area contributed by atoms with Crippen LogP contribution in [0, 0.1) is 6.92 Å². The van der Waals surface area contributed by atoms with Crippen LogP contribution in [0.4, 0.5) is 0 Å². The molecule has 0 aliphatic rings. The summed E-state index contributed by atoms with van der Waals surface area (Å²) < 4.78 is 0. The van der Waals surface area contributed by atoms with E-state index in [-0.39, 0.29) is 5.41 Å². The van der Waals surface area contributed by atoms with E-state index in [9.17, 15) is 5.11 Å². The maximum atomic E-state index is 9.63. The van der Waals surface area contributed by atoms with E-state index in [1.165, 1.54) is 0 Å². The number of aryl methyl sites for hydroxylation is 1. The second-order valence-corrected chi connectivity index (χ2v) is 6.69. The Labute approximate surface area is 143 Å². The van der Waals surface area contributed by atoms with Crippen molar-refractivity contribution < 1.29 is 49.1 Å². The molecule has 0 atom stereocenters. The van der Waals surface area contributed by atoms with E-state index >= 15 is 0 Å². The third-order valence-electron chi connectivity index (χ3n) is 1.96. The lowest BCUT2D eigenvalue weighted by Crippen LogP contribution is -2.11. The van der Waals surface area contributed by atoms with E-state index in [1.807, 2.05) is 19.1 Å². The van der Waals surface area contributed by atoms with Crippen molar-refractivity contribution in [3.05, 3.63) is 29.3 Å². The highest BCUT2D eigenvalue weighted by atomic mass is 31.2. The van der Waals surface area contributed by atoms with E-state index < -0.39 is 25.8 Å². The zero-order valence-corrected chi connectivity index (χ0v) is 16.2. The summed E-state index contributed by atoms with van der Waals surface area (Å²) in [6.07, 6.45) is 0. The number of benzene rings is 1. The minimum absolute atomic E-state index is 0.0256. The Morgan fingerprint density at radius 3 is 1.21 bits per heavy atom. The van der Waals surface area contributed by atoms with Crippen molar-refractivity contribution in [2.24, 2.45) is 0 Å². The zero-order valence-electron chi connectivity index (χ0n) is 13.5. The van der Waals surface area contributed by atoms with Gasteiger partial charge in [-0.25, -0.2) is 0 Å². The summed E-state index contributed by atoms with van der Waals surface area (Å²) in [5.41, 5.74) is 2.13. The van der Waals surface area contributed by atoms with E-state index in [4.69, 9.17) is 44.0 Å². The number of phenolic OH excluding ortho intramolecular Hbond substituents is 1. The van der Waals surface area contributed by atoms with Gasteiger partial charge >= 0.3 is 25.8 Å². The summed E-state index contributed by atoms with van der Waals surface area (Å²) in [6.45, 7) is 8.26. The van der Waals surface area contributed by atoms with Crippen LogP contribution in [-0.2, 0) is 5.41 Å². The summed E-state index contributed by atoms with van der Waals surface area (Å²) in [7, 11) is -7.86. The molecule has 1 rings (SSSR count). The summed E-state index contributed by atoms with van der Waals surface area (Å²) in [4.78, 5) is 65.1. The highest BCUT2D eigenvalue weighted by molar-refractivity contribution is 7.38. The third-order valence-corrected chi connectivity index (χ3v) is 1.96. The first-order valence-electron chi connectivity index (χ1n) is 6.01. The van der Waals surface area contributed by atoms with Gasteiger partial charge in [0.25, 0.3) is 0 Å². The predicted molar refractivity (Wildman–Crippen MR) is 92.3 cm³/mol. The molecular weight excluding hydrogens is 385 g/mol. The summed E-state index contributed by atoms with van der Waals surface area (Å²) in [5, 5.41) is 9.63. The van der Waals surface area contributed by atoms with Crippen molar-refractivity contribution in [2.45, 2.75) is 33.1 Å². The smallest absolute Gasteiger partial charge is 0.324 e. The molecule has 13 heteroatoms. The van der Waals surface area contributed by atoms with Crippen LogP contribution in [0.3, 0.4) is 0 Å². The molecule has 0 aromatic heterocycles. The van der Waals surface area contributed by atoms with Crippen LogP contribution in [0.1, 0.15) is 31.9 Å². The molecule has 144 valence electrons. The molecule has 1 aromatic carbocycles. The molecule has 10 nitrogen and oxygen atoms in total. The summed E-state index contributed by atoms with van der Waals surface area (Å²) in [6, 6.07) is 5.82. The molecule has 1 aromatic rings. The predicted octanol–water partition coefficient (Wildman–Crippen LogP) is 0.569. The minimum Gasteiger partial charge on any atom is -0.508 e. The molecule has 0 aliphatic carbocycles. The molecular formula is C11H25O10P3. The van der Waals surface area contributed by atoms with Gasteiger partial charge in [-0.1, -0.05) is 32.9 Å². The van der Waals surface area contributed by atoms with Crippen LogP contribution in [0.15, 0.2) is 18.2 Å². The fourth-order valence-corrected chi connectivity index (χ4v) is 1.28. The lowest BCUT2D eigenvalue weighted by molar-refractivity contribution is 0.366. The van der Waals surface area contributed by atoms with Crippen LogP contribution in [0.25, 0.3) is 0 Å². The van der Waals surface area contributed by atoms with Crippen molar-refractivity contribution in [1.29, 1.82) is 0 Å². The maximum absolute atomic E-state index is 9.63. The minimum atomic E-state index is -2.62. The van der Waals surface area contributed by atoms with Gasteiger partial charge in [-0.2, -0.15) is 0 Å². The topological polar surface area (TPSA) is 202 Å². The standard InChI is InChI=1S/C11H16O.3H3O3P/c1-8-5-6-9(10(12)7-8)11(2,3)4;3*1-4(2)3/h5-7,12H,1-4H3;3*1-3H. The van der Waals surface area contributed by atoms with Crippen LogP contribution < -0.4 is 0 Å². The Morgan fingerprint density at radius 1 is 0.708 bits per heavy atom. The van der Waals surface area contributed by atoms with Gasteiger partial charge < -0.3 is 49.1 Å². The van der Waals surface area contributed by atoms with Gasteiger partial charge in [-0.3, -0.25) is 0 Å². The Morgan fingerprint density at radius 2 is 1.00 bits per heavy atom. The Bertz CT molecular complexity index is 400. The van der Waals surface area contributed by atoms with Crippen LogP contribution >= 0.6 is 25.8 Å². The molecule has 0 spiro atoms. The molecule has 0 fully saturated rings. The van der Waals surface area contributed by atoms with Gasteiger partial charge in [0, 0.05) is 0 Å². The van der Waals surface area contributed by atoms with Crippen LogP contribution in [0.5, 0.6) is 5.75 Å². The summed E-state index contributed by atoms with van der Waals surface area (Å²) >= 11 is 0. The Hall–Kier alpha value is -0.0500. The second-order valence-electron chi connectivity index (χ2n) is 5.08. The lowest BCUT2D eigenvalue weighted by Gasteiger charge is -2.20. The molecule has 0 unspecified atom stereocenters. The average Bonchev–Trinajstić information content (AvgIpc) is 2.23. The monoisotopic (exact) mass is 410 g/mol. The molecule has 0 bridgehead atoms. The number of hydrogen-bond acceptors (Lipinski definition) is 10. The second kappa shape index (κ2) is 15.2. The first-order valence-corrected chi connectivity index (χ1v) is 9.61. The quantitative estimate of drug-likeness (QED) is 0.269. The normalized spacial score (nSPS) is 10.3. The van der Waals surface area contributed by atoms with Crippen molar-refractivity contribution >= 4 is 25.8 Å². The fraction of sp³-hybridized carbons (Fsp3) is 0.455. The van der Waals surface area contributed by atoms with Crippen LogP contribution in [0.2, 0.25) is 0 Å². The van der Waals surface area contributed by atoms with Gasteiger partial charge in [0.15, 0.2) is 0 Å². The van der Waals surface area contributed by atoms with Gasteiger partial charge in [0.05, 0.1) is 0 Å². The van der Waals surface area contributed by atoms with E-state index in [2.05, 4.69) is 20.8 Å². The van der Waals surface area contributed by atoms with E-state index in [0.29, 0.717) is 5.75 Å². The molecule has 0 radical (unpaired) electrons. The third kappa shape index (κ3) is 26.8. The fourth-order valence-electron chi connectivity index (χ4n) is 1.28. The number of aromatic hydroxyl groups is 1. The van der Waals surface area contributed by atoms with Crippen molar-refractivity contribution in [1.82, 2.24) is 0 Å². The molecule has 0 saturated carbocycles. The first kappa shape index (κ1) is 28.7. The SMILES string of the molecule is Cc1ccc(C(C)(C)C)c(O)c1.OP(O)O.OP(O)O.OP(O)O. The van der Waals surface area contributed by atoms with Crippen molar-refractivity contribution in [3.8, 4) is 5.75 Å². The molecule has 0 heterocycles. The largest absolute Gasteiger partial charge is 0.508 e. The number of hydrogen-bond donors (Lipinski definition) is 10. The van der Waals surface area contributed by atoms with Gasteiger partial charge in [-0.15, -0.1) is 0 Å². The van der Waals surface area contributed by atoms with Crippen molar-refractivity contribution in [3.63, 3.8) is 0 Å². The van der Waals surface area contributed by atoms with Gasteiger partial charge in [0.2, 0.25) is 0 Å². The number of phenols is 1. The lowest BCUT2D eigenvalue weighted by atomic mass is 9.86. The van der Waals surface area contributed by atoms with Crippen LogP contribution in [-0.4, -0.2) is 49.1 Å². The Kier molecular flexibility index (Phi) is 18.2. The molecule has 0 saturated heterocycles. The molecule has 24 heavy (non-hydrogen) atoms. The molecule has 0 amide bonds. The van der Waals surface area contributed by atoms with Crippen molar-refractivity contribution in [2.75, 3.05) is 0 Å². The average molecular weight is 410 g/mol. The maximum Gasteiger partial charge on any atom is 0.324 e. The van der Waals surface area contributed by atoms with E-state index in [1.54, 1.807) is 6.07 Å². The first-order chi connectivity index (χ1) is 10.6. The highest BCUT2D eigenvalue weighted by Crippen LogP contribution is 2.30. The summed E-state index contributed by atoms with van der Waals surface area (Å²) in [5.74, 6) is 0.405. The number of rotatable bonds is 0. The molecule has 0 aliphatic heterocycles. The van der Waals surface area contributed by atoms with Gasteiger partial charge in [-0.05, 0) is 29.5 Å². The molecule has 10 N–H and O–H groups in total. The zero-order chi connectivity index (χ0) is 20.1. The highest BCUT2D eigenvalue weighted by Gasteiger charge is 2.17. The van der Waals surface area contributed by atoms with E-state index in [0.717, 1.165) is 11.1 Å². The van der Waals surface area contributed by atoms with Gasteiger partial charge in [0.1, 0.15) is 5.75 Å². The Balaban J connectivity index is -0.000000304.